The maximum absolute atomic E-state index is 2.45. The summed E-state index contributed by atoms with van der Waals surface area (Å²) in [5.41, 5.74) is 6.91. The molecule has 44 heavy (non-hydrogen) atoms. The number of hydrogen-bond donors (Lipinski definition) is 0. The predicted molar refractivity (Wildman–Crippen MR) is 196 cm³/mol. The van der Waals surface area contributed by atoms with Crippen molar-refractivity contribution in [3.05, 3.63) is 109 Å². The molecule has 5 aromatic carbocycles. The lowest BCUT2D eigenvalue weighted by Gasteiger charge is -2.20. The third-order valence-electron chi connectivity index (χ3n) is 9.54. The summed E-state index contributed by atoms with van der Waals surface area (Å²) in [5, 5.41) is 5.43. The van der Waals surface area contributed by atoms with Crippen LogP contribution in [0.5, 0.6) is 0 Å². The molecular formula is C44H54. The van der Waals surface area contributed by atoms with Crippen LogP contribution >= 0.6 is 0 Å². The zero-order valence-corrected chi connectivity index (χ0v) is 27.3. The van der Waals surface area contributed by atoms with Crippen LogP contribution in [0.2, 0.25) is 0 Å². The van der Waals surface area contributed by atoms with Crippen molar-refractivity contribution in [2.45, 2.75) is 116 Å². The molecule has 0 nitrogen and oxygen atoms in total. The average molecular weight is 583 g/mol. The van der Waals surface area contributed by atoms with E-state index in [0.29, 0.717) is 0 Å². The minimum atomic E-state index is 1.12. The molecule has 0 fully saturated rings. The van der Waals surface area contributed by atoms with Gasteiger partial charge in [-0.25, -0.2) is 0 Å². The van der Waals surface area contributed by atoms with Gasteiger partial charge in [-0.2, -0.15) is 0 Å². The van der Waals surface area contributed by atoms with E-state index in [9.17, 15) is 0 Å². The Balaban J connectivity index is 1.21. The number of benzene rings is 5. The maximum atomic E-state index is 2.45. The van der Waals surface area contributed by atoms with Crippen LogP contribution in [0.1, 0.15) is 115 Å². The summed E-state index contributed by atoms with van der Waals surface area (Å²) in [5.74, 6) is 0. The zero-order chi connectivity index (χ0) is 30.2. The third kappa shape index (κ3) is 9.07. The van der Waals surface area contributed by atoms with Gasteiger partial charge >= 0.3 is 0 Å². The normalized spacial score (nSPS) is 11.5. The first-order chi connectivity index (χ1) is 21.8. The molecule has 0 aromatic heterocycles. The summed E-state index contributed by atoms with van der Waals surface area (Å²) in [6.07, 6.45) is 23.6. The van der Waals surface area contributed by atoms with Gasteiger partial charge in [0.1, 0.15) is 0 Å². The third-order valence-corrected chi connectivity index (χ3v) is 9.54. The summed E-state index contributed by atoms with van der Waals surface area (Å²) in [6.45, 7) is 2.30. The van der Waals surface area contributed by atoms with Gasteiger partial charge in [-0.1, -0.05) is 188 Å². The highest BCUT2D eigenvalue weighted by molar-refractivity contribution is 6.06. The fourth-order valence-corrected chi connectivity index (χ4v) is 7.05. The van der Waals surface area contributed by atoms with E-state index in [4.69, 9.17) is 0 Å². The summed E-state index contributed by atoms with van der Waals surface area (Å²) >= 11 is 0. The lowest BCUT2D eigenvalue weighted by atomic mass is 9.84. The Bertz CT molecular complexity index is 1530. The molecule has 0 bridgehead atoms. The van der Waals surface area contributed by atoms with Crippen LogP contribution in [0.25, 0.3) is 43.8 Å². The van der Waals surface area contributed by atoms with E-state index in [1.807, 2.05) is 0 Å². The number of unbranched alkanes of at least 4 members (excludes halogenated alkanes) is 15. The molecule has 0 aliphatic carbocycles. The molecule has 0 radical (unpaired) electrons. The lowest BCUT2D eigenvalue weighted by Crippen LogP contribution is -1.97. The average Bonchev–Trinajstić information content (AvgIpc) is 3.07. The Labute approximate surface area is 267 Å². The minimum absolute atomic E-state index is 1.12. The van der Waals surface area contributed by atoms with Crippen molar-refractivity contribution in [2.24, 2.45) is 0 Å². The molecule has 0 saturated carbocycles. The predicted octanol–water partition coefficient (Wildman–Crippen LogP) is 14.1. The van der Waals surface area contributed by atoms with Crippen molar-refractivity contribution >= 4 is 21.5 Å². The number of fused-ring (bicyclic) bond motifs is 2. The fourth-order valence-electron chi connectivity index (χ4n) is 7.05. The van der Waals surface area contributed by atoms with Crippen LogP contribution in [0.4, 0.5) is 0 Å². The molecule has 5 aromatic rings. The van der Waals surface area contributed by atoms with Gasteiger partial charge in [-0.15, -0.1) is 0 Å². The summed E-state index contributed by atoms with van der Waals surface area (Å²) in [4.78, 5) is 0. The highest BCUT2D eigenvalue weighted by Gasteiger charge is 2.17. The Kier molecular flexibility index (Phi) is 13.0. The molecule has 0 unspecified atom stereocenters. The van der Waals surface area contributed by atoms with Gasteiger partial charge in [-0.05, 0) is 80.4 Å². The standard InChI is InChI=1S/C44H54/c1-2-3-4-5-6-7-8-9-10-11-12-13-14-15-16-23-32-41-42-34-39-31-25-24-30-38(39)33-40(42)35-43(36-26-19-17-20-27-36)44(41)37-28-21-18-22-29-37/h17-22,24-31,33-35H,2-16,23,32H2,1H3. The monoisotopic (exact) mass is 582 g/mol. The van der Waals surface area contributed by atoms with E-state index in [1.165, 1.54) is 152 Å². The molecule has 0 aliphatic rings. The Morgan fingerprint density at radius 3 is 1.39 bits per heavy atom. The van der Waals surface area contributed by atoms with Gasteiger partial charge in [0, 0.05) is 0 Å². The van der Waals surface area contributed by atoms with Gasteiger partial charge in [0.2, 0.25) is 0 Å². The van der Waals surface area contributed by atoms with E-state index >= 15 is 0 Å². The first kappa shape index (κ1) is 32.0. The molecule has 5 rings (SSSR count). The van der Waals surface area contributed by atoms with E-state index < -0.39 is 0 Å². The van der Waals surface area contributed by atoms with Crippen molar-refractivity contribution in [1.82, 2.24) is 0 Å². The van der Waals surface area contributed by atoms with Crippen molar-refractivity contribution in [1.29, 1.82) is 0 Å². The summed E-state index contributed by atoms with van der Waals surface area (Å²) in [7, 11) is 0. The second kappa shape index (κ2) is 17.8. The topological polar surface area (TPSA) is 0 Å². The highest BCUT2D eigenvalue weighted by atomic mass is 14.2. The van der Waals surface area contributed by atoms with E-state index in [2.05, 4.69) is 110 Å². The van der Waals surface area contributed by atoms with Crippen molar-refractivity contribution in [3.63, 3.8) is 0 Å². The van der Waals surface area contributed by atoms with Crippen LogP contribution in [-0.2, 0) is 6.42 Å². The van der Waals surface area contributed by atoms with Crippen LogP contribution in [0.3, 0.4) is 0 Å². The van der Waals surface area contributed by atoms with E-state index in [1.54, 1.807) is 0 Å². The van der Waals surface area contributed by atoms with Gasteiger partial charge in [0.15, 0.2) is 0 Å². The quantitative estimate of drug-likeness (QED) is 0.0671. The molecule has 0 N–H and O–H groups in total. The van der Waals surface area contributed by atoms with Crippen LogP contribution in [0, 0.1) is 0 Å². The van der Waals surface area contributed by atoms with Gasteiger partial charge in [0.05, 0.1) is 0 Å². The molecule has 0 aliphatic heterocycles. The lowest BCUT2D eigenvalue weighted by molar-refractivity contribution is 0.529. The SMILES string of the molecule is CCCCCCCCCCCCCCCCCCc1c(-c2ccccc2)c(-c2ccccc2)cc2cc3ccccc3cc12. The summed E-state index contributed by atoms with van der Waals surface area (Å²) in [6, 6.07) is 38.2. The van der Waals surface area contributed by atoms with Crippen LogP contribution < -0.4 is 0 Å². The molecule has 0 heteroatoms. The van der Waals surface area contributed by atoms with Crippen molar-refractivity contribution < 1.29 is 0 Å². The maximum Gasteiger partial charge on any atom is -0.00669 e. The smallest absolute Gasteiger partial charge is 0.00669 e. The molecule has 0 amide bonds. The van der Waals surface area contributed by atoms with Gasteiger partial charge < -0.3 is 0 Å². The largest absolute Gasteiger partial charge is 0.0654 e. The highest BCUT2D eigenvalue weighted by Crippen LogP contribution is 2.41. The molecular weight excluding hydrogens is 528 g/mol. The Hall–Kier alpha value is -3.38. The zero-order valence-electron chi connectivity index (χ0n) is 27.3. The second-order valence-electron chi connectivity index (χ2n) is 13.0. The van der Waals surface area contributed by atoms with Crippen LogP contribution in [-0.4, -0.2) is 0 Å². The minimum Gasteiger partial charge on any atom is -0.0654 e. The van der Waals surface area contributed by atoms with E-state index in [-0.39, 0.29) is 0 Å². The fraction of sp³-hybridized carbons (Fsp3) is 0.409. The molecule has 0 atom stereocenters. The number of rotatable bonds is 19. The molecule has 0 heterocycles. The van der Waals surface area contributed by atoms with Gasteiger partial charge in [-0.3, -0.25) is 0 Å². The molecule has 230 valence electrons. The Morgan fingerprint density at radius 2 is 0.841 bits per heavy atom. The Morgan fingerprint density at radius 1 is 0.386 bits per heavy atom. The first-order valence-electron chi connectivity index (χ1n) is 17.9. The number of hydrogen-bond acceptors (Lipinski definition) is 0. The van der Waals surface area contributed by atoms with Crippen LogP contribution in [0.15, 0.2) is 103 Å². The molecule has 0 spiro atoms. The van der Waals surface area contributed by atoms with Crippen molar-refractivity contribution in [3.8, 4) is 22.3 Å². The number of aryl methyl sites for hydroxylation is 1. The van der Waals surface area contributed by atoms with Gasteiger partial charge in [0.25, 0.3) is 0 Å². The second-order valence-corrected chi connectivity index (χ2v) is 13.0. The van der Waals surface area contributed by atoms with E-state index in [0.717, 1.165) is 6.42 Å². The molecule has 0 saturated heterocycles. The summed E-state index contributed by atoms with van der Waals surface area (Å²) < 4.78 is 0. The first-order valence-corrected chi connectivity index (χ1v) is 17.9. The van der Waals surface area contributed by atoms with Crippen molar-refractivity contribution in [2.75, 3.05) is 0 Å².